The van der Waals surface area contributed by atoms with Gasteiger partial charge in [-0.05, 0) is 37.5 Å². The SMILES string of the molecule is CC1(C(=O)Cc2cccc(Br)c2)CCCO1. The molecule has 0 bridgehead atoms. The first-order valence-corrected chi connectivity index (χ1v) is 6.31. The van der Waals surface area contributed by atoms with Gasteiger partial charge >= 0.3 is 0 Å². The number of ketones is 1. The van der Waals surface area contributed by atoms with Gasteiger partial charge in [0.1, 0.15) is 5.60 Å². The van der Waals surface area contributed by atoms with Crippen LogP contribution in [0.3, 0.4) is 0 Å². The van der Waals surface area contributed by atoms with Gasteiger partial charge in [0.25, 0.3) is 0 Å². The summed E-state index contributed by atoms with van der Waals surface area (Å²) in [6.45, 7) is 2.61. The van der Waals surface area contributed by atoms with Gasteiger partial charge in [-0.3, -0.25) is 4.79 Å². The smallest absolute Gasteiger partial charge is 0.168 e. The van der Waals surface area contributed by atoms with E-state index in [0.717, 1.165) is 22.9 Å². The molecule has 0 radical (unpaired) electrons. The Balaban J connectivity index is 2.07. The Morgan fingerprint density at radius 1 is 1.56 bits per heavy atom. The molecule has 1 fully saturated rings. The number of rotatable bonds is 3. The van der Waals surface area contributed by atoms with Crippen molar-refractivity contribution in [2.24, 2.45) is 0 Å². The monoisotopic (exact) mass is 282 g/mol. The molecule has 1 aliphatic rings. The van der Waals surface area contributed by atoms with Crippen LogP contribution in [0.4, 0.5) is 0 Å². The molecule has 0 saturated carbocycles. The van der Waals surface area contributed by atoms with Crippen LogP contribution < -0.4 is 0 Å². The van der Waals surface area contributed by atoms with Gasteiger partial charge in [-0.15, -0.1) is 0 Å². The van der Waals surface area contributed by atoms with Crippen molar-refractivity contribution in [3.05, 3.63) is 34.3 Å². The molecule has 1 aliphatic heterocycles. The minimum atomic E-state index is -0.553. The number of benzene rings is 1. The maximum Gasteiger partial charge on any atom is 0.168 e. The highest BCUT2D eigenvalue weighted by atomic mass is 79.9. The van der Waals surface area contributed by atoms with Gasteiger partial charge in [0.15, 0.2) is 5.78 Å². The van der Waals surface area contributed by atoms with E-state index in [2.05, 4.69) is 15.9 Å². The summed E-state index contributed by atoms with van der Waals surface area (Å²) < 4.78 is 6.55. The number of hydrogen-bond donors (Lipinski definition) is 0. The predicted molar refractivity (Wildman–Crippen MR) is 66.4 cm³/mol. The van der Waals surface area contributed by atoms with Crippen molar-refractivity contribution in [3.8, 4) is 0 Å². The van der Waals surface area contributed by atoms with Crippen molar-refractivity contribution in [1.82, 2.24) is 0 Å². The molecule has 2 rings (SSSR count). The maximum absolute atomic E-state index is 12.1. The van der Waals surface area contributed by atoms with E-state index in [1.54, 1.807) is 0 Å². The van der Waals surface area contributed by atoms with E-state index in [4.69, 9.17) is 4.74 Å². The van der Waals surface area contributed by atoms with Gasteiger partial charge in [0.2, 0.25) is 0 Å². The zero-order chi connectivity index (χ0) is 11.6. The third-order valence-electron chi connectivity index (χ3n) is 3.06. The number of carbonyl (C=O) groups is 1. The molecule has 1 atom stereocenters. The zero-order valence-electron chi connectivity index (χ0n) is 9.33. The quantitative estimate of drug-likeness (QED) is 0.852. The van der Waals surface area contributed by atoms with E-state index in [-0.39, 0.29) is 5.78 Å². The van der Waals surface area contributed by atoms with E-state index < -0.39 is 5.60 Å². The van der Waals surface area contributed by atoms with Gasteiger partial charge in [-0.25, -0.2) is 0 Å². The van der Waals surface area contributed by atoms with Crippen molar-refractivity contribution < 1.29 is 9.53 Å². The molecule has 0 N–H and O–H groups in total. The average Bonchev–Trinajstić information content (AvgIpc) is 2.66. The van der Waals surface area contributed by atoms with Crippen LogP contribution in [0.25, 0.3) is 0 Å². The van der Waals surface area contributed by atoms with Gasteiger partial charge in [0.05, 0.1) is 0 Å². The van der Waals surface area contributed by atoms with E-state index in [9.17, 15) is 4.79 Å². The summed E-state index contributed by atoms with van der Waals surface area (Å²) in [6.07, 6.45) is 2.29. The summed E-state index contributed by atoms with van der Waals surface area (Å²) >= 11 is 3.41. The lowest BCUT2D eigenvalue weighted by Crippen LogP contribution is -2.35. The molecule has 1 saturated heterocycles. The van der Waals surface area contributed by atoms with Gasteiger partial charge in [0, 0.05) is 17.5 Å². The molecular weight excluding hydrogens is 268 g/mol. The molecule has 0 amide bonds. The second-order valence-electron chi connectivity index (χ2n) is 4.41. The summed E-state index contributed by atoms with van der Waals surface area (Å²) in [4.78, 5) is 12.1. The van der Waals surface area contributed by atoms with Crippen molar-refractivity contribution in [1.29, 1.82) is 0 Å². The Labute approximate surface area is 104 Å². The van der Waals surface area contributed by atoms with Crippen molar-refractivity contribution in [2.75, 3.05) is 6.61 Å². The van der Waals surface area contributed by atoms with Crippen LogP contribution in [-0.4, -0.2) is 18.0 Å². The second kappa shape index (κ2) is 4.68. The molecule has 1 heterocycles. The van der Waals surface area contributed by atoms with Crippen LogP contribution in [0.15, 0.2) is 28.7 Å². The molecule has 86 valence electrons. The molecule has 1 aromatic rings. The minimum Gasteiger partial charge on any atom is -0.367 e. The van der Waals surface area contributed by atoms with Crippen LogP contribution in [-0.2, 0) is 16.0 Å². The third kappa shape index (κ3) is 2.53. The fraction of sp³-hybridized carbons (Fsp3) is 0.462. The summed E-state index contributed by atoms with van der Waals surface area (Å²) in [5.74, 6) is 0.183. The molecule has 1 unspecified atom stereocenters. The molecule has 2 nitrogen and oxygen atoms in total. The molecule has 1 aromatic carbocycles. The van der Waals surface area contributed by atoms with E-state index in [1.807, 2.05) is 31.2 Å². The average molecular weight is 283 g/mol. The van der Waals surface area contributed by atoms with Crippen molar-refractivity contribution >= 4 is 21.7 Å². The van der Waals surface area contributed by atoms with Crippen molar-refractivity contribution in [3.63, 3.8) is 0 Å². The molecule has 16 heavy (non-hydrogen) atoms. The maximum atomic E-state index is 12.1. The molecule has 0 aliphatic carbocycles. The normalized spacial score (nSPS) is 24.6. The third-order valence-corrected chi connectivity index (χ3v) is 3.56. The number of carbonyl (C=O) groups excluding carboxylic acids is 1. The highest BCUT2D eigenvalue weighted by Crippen LogP contribution is 2.27. The lowest BCUT2D eigenvalue weighted by atomic mass is 9.92. The Morgan fingerprint density at radius 2 is 2.38 bits per heavy atom. The van der Waals surface area contributed by atoms with Crippen molar-refractivity contribution in [2.45, 2.75) is 31.8 Å². The first-order chi connectivity index (χ1) is 7.60. The Kier molecular flexibility index (Phi) is 3.45. The summed E-state index contributed by atoms with van der Waals surface area (Å²) in [5.41, 5.74) is 0.485. The summed E-state index contributed by atoms with van der Waals surface area (Å²) in [7, 11) is 0. The minimum absolute atomic E-state index is 0.183. The Bertz CT molecular complexity index is 395. The molecule has 0 aromatic heterocycles. The highest BCUT2D eigenvalue weighted by molar-refractivity contribution is 9.10. The van der Waals surface area contributed by atoms with Crippen LogP contribution in [0.1, 0.15) is 25.3 Å². The first kappa shape index (κ1) is 11.8. The lowest BCUT2D eigenvalue weighted by molar-refractivity contribution is -0.136. The topological polar surface area (TPSA) is 26.3 Å². The molecular formula is C13H15BrO2. The Hall–Kier alpha value is -0.670. The van der Waals surface area contributed by atoms with E-state index in [1.165, 1.54) is 0 Å². The predicted octanol–water partition coefficient (Wildman–Crippen LogP) is 3.13. The number of halogens is 1. The second-order valence-corrected chi connectivity index (χ2v) is 5.33. The van der Waals surface area contributed by atoms with Crippen LogP contribution in [0, 0.1) is 0 Å². The fourth-order valence-corrected chi connectivity index (χ4v) is 2.46. The first-order valence-electron chi connectivity index (χ1n) is 5.52. The standard InChI is InChI=1S/C13H15BrO2/c1-13(6-3-7-16-13)12(15)9-10-4-2-5-11(14)8-10/h2,4-5,8H,3,6-7,9H2,1H3. The van der Waals surface area contributed by atoms with Crippen LogP contribution in [0.5, 0.6) is 0 Å². The molecule has 0 spiro atoms. The number of hydrogen-bond acceptors (Lipinski definition) is 2. The summed E-state index contributed by atoms with van der Waals surface area (Å²) in [6, 6.07) is 7.86. The van der Waals surface area contributed by atoms with Crippen LogP contribution in [0.2, 0.25) is 0 Å². The van der Waals surface area contributed by atoms with Gasteiger partial charge < -0.3 is 4.74 Å². The molecule has 3 heteroatoms. The summed E-state index contributed by atoms with van der Waals surface area (Å²) in [5, 5.41) is 0. The van der Waals surface area contributed by atoms with Crippen LogP contribution >= 0.6 is 15.9 Å². The van der Waals surface area contributed by atoms with E-state index in [0.29, 0.717) is 13.0 Å². The van der Waals surface area contributed by atoms with Gasteiger partial charge in [-0.2, -0.15) is 0 Å². The largest absolute Gasteiger partial charge is 0.367 e. The highest BCUT2D eigenvalue weighted by Gasteiger charge is 2.36. The zero-order valence-corrected chi connectivity index (χ0v) is 10.9. The Morgan fingerprint density at radius 3 is 3.00 bits per heavy atom. The fourth-order valence-electron chi connectivity index (χ4n) is 2.02. The lowest BCUT2D eigenvalue weighted by Gasteiger charge is -2.21. The van der Waals surface area contributed by atoms with Gasteiger partial charge in [-0.1, -0.05) is 28.1 Å². The van der Waals surface area contributed by atoms with E-state index >= 15 is 0 Å². The number of ether oxygens (including phenoxy) is 1. The number of Topliss-reactive ketones (excluding diaryl/α,β-unsaturated/α-hetero) is 1.